The molecule has 4 nitrogen and oxygen atoms in total. The minimum atomic E-state index is -0.181. The molecule has 0 bridgehead atoms. The number of aromatic nitrogens is 1. The van der Waals surface area contributed by atoms with Gasteiger partial charge in [-0.1, -0.05) is 45.0 Å². The molecule has 1 N–H and O–H groups in total. The van der Waals surface area contributed by atoms with Gasteiger partial charge in [0.25, 0.3) is 5.91 Å². The van der Waals surface area contributed by atoms with E-state index in [0.29, 0.717) is 11.5 Å². The standard InChI is InChI=1S/C23H25N3OS/c1-15-11-16(14-23(2,3)13-15)25-26-22(27)18-12-20(21-9-6-10-28-21)24-19-8-5-4-7-17(18)19/h4-10,12,15H,11,13-14H2,1-3H3,(H,26,27)/b25-16+/t15-/m1/s1. The largest absolute Gasteiger partial charge is 0.272 e. The summed E-state index contributed by atoms with van der Waals surface area (Å²) in [5.41, 5.74) is 6.38. The van der Waals surface area contributed by atoms with E-state index in [1.165, 1.54) is 6.42 Å². The van der Waals surface area contributed by atoms with Gasteiger partial charge in [-0.25, -0.2) is 10.4 Å². The first-order valence-corrected chi connectivity index (χ1v) is 10.6. The fraction of sp³-hybridized carbons (Fsp3) is 0.348. The highest BCUT2D eigenvalue weighted by Gasteiger charge is 2.29. The first-order valence-electron chi connectivity index (χ1n) is 9.71. The van der Waals surface area contributed by atoms with Crippen molar-refractivity contribution < 1.29 is 4.79 Å². The van der Waals surface area contributed by atoms with Gasteiger partial charge in [0.15, 0.2) is 0 Å². The zero-order chi connectivity index (χ0) is 19.7. The van der Waals surface area contributed by atoms with Crippen molar-refractivity contribution >= 4 is 33.9 Å². The molecule has 1 aliphatic carbocycles. The number of fused-ring (bicyclic) bond motifs is 1. The third kappa shape index (κ3) is 3.99. The third-order valence-corrected chi connectivity index (χ3v) is 6.11. The molecule has 1 saturated carbocycles. The van der Waals surface area contributed by atoms with Crippen LogP contribution in [0.4, 0.5) is 0 Å². The second kappa shape index (κ2) is 7.47. The molecule has 28 heavy (non-hydrogen) atoms. The van der Waals surface area contributed by atoms with Crippen LogP contribution < -0.4 is 5.43 Å². The Hall–Kier alpha value is -2.53. The van der Waals surface area contributed by atoms with Gasteiger partial charge in [0.05, 0.1) is 21.7 Å². The van der Waals surface area contributed by atoms with Crippen molar-refractivity contribution in [3.8, 4) is 10.6 Å². The lowest BCUT2D eigenvalue weighted by atomic mass is 9.72. The average Bonchev–Trinajstić information content (AvgIpc) is 3.18. The zero-order valence-corrected chi connectivity index (χ0v) is 17.3. The molecule has 5 heteroatoms. The monoisotopic (exact) mass is 391 g/mol. The molecule has 0 saturated heterocycles. The van der Waals surface area contributed by atoms with Gasteiger partial charge in [-0.05, 0) is 54.2 Å². The molecule has 1 fully saturated rings. The van der Waals surface area contributed by atoms with Crippen LogP contribution in [0.25, 0.3) is 21.5 Å². The molecule has 1 amide bonds. The Labute approximate surface area is 169 Å². The number of carbonyl (C=O) groups is 1. The predicted octanol–water partition coefficient (Wildman–Crippen LogP) is 5.90. The van der Waals surface area contributed by atoms with Crippen LogP contribution in [0, 0.1) is 11.3 Å². The average molecular weight is 392 g/mol. The highest BCUT2D eigenvalue weighted by atomic mass is 32.1. The summed E-state index contributed by atoms with van der Waals surface area (Å²) < 4.78 is 0. The van der Waals surface area contributed by atoms with Crippen LogP contribution in [0.2, 0.25) is 0 Å². The number of pyridine rings is 1. The fourth-order valence-corrected chi connectivity index (χ4v) is 4.99. The number of carbonyl (C=O) groups excluding carboxylic acids is 1. The van der Waals surface area contributed by atoms with Crippen LogP contribution in [0.3, 0.4) is 0 Å². The van der Waals surface area contributed by atoms with E-state index in [4.69, 9.17) is 4.98 Å². The Bertz CT molecular complexity index is 1040. The maximum atomic E-state index is 13.0. The van der Waals surface area contributed by atoms with Crippen molar-refractivity contribution in [2.24, 2.45) is 16.4 Å². The number of amides is 1. The van der Waals surface area contributed by atoms with Crippen molar-refractivity contribution in [2.45, 2.75) is 40.0 Å². The Morgan fingerprint density at radius 1 is 1.25 bits per heavy atom. The summed E-state index contributed by atoms with van der Waals surface area (Å²) in [5.74, 6) is 0.409. The van der Waals surface area contributed by atoms with Gasteiger partial charge in [-0.15, -0.1) is 11.3 Å². The zero-order valence-electron chi connectivity index (χ0n) is 16.5. The minimum absolute atomic E-state index is 0.181. The molecule has 1 atom stereocenters. The van der Waals surface area contributed by atoms with E-state index in [2.05, 4.69) is 31.3 Å². The van der Waals surface area contributed by atoms with Crippen molar-refractivity contribution in [3.05, 3.63) is 53.4 Å². The van der Waals surface area contributed by atoms with Gasteiger partial charge in [0.2, 0.25) is 0 Å². The van der Waals surface area contributed by atoms with E-state index >= 15 is 0 Å². The summed E-state index contributed by atoms with van der Waals surface area (Å²) in [4.78, 5) is 18.8. The SMILES string of the molecule is C[C@@H]1C/C(=N\NC(=O)c2cc(-c3cccs3)nc3ccccc23)CC(C)(C)C1. The Kier molecular flexibility index (Phi) is 5.02. The summed E-state index contributed by atoms with van der Waals surface area (Å²) in [6, 6.07) is 13.7. The molecule has 3 aromatic rings. The molecule has 1 aliphatic rings. The first kappa shape index (κ1) is 18.8. The Morgan fingerprint density at radius 3 is 2.82 bits per heavy atom. The van der Waals surface area contributed by atoms with Crippen molar-refractivity contribution in [2.75, 3.05) is 0 Å². The van der Waals surface area contributed by atoms with Crippen LogP contribution >= 0.6 is 11.3 Å². The van der Waals surface area contributed by atoms with E-state index in [9.17, 15) is 4.79 Å². The number of para-hydroxylation sites is 1. The van der Waals surface area contributed by atoms with E-state index in [-0.39, 0.29) is 11.3 Å². The van der Waals surface area contributed by atoms with Crippen LogP contribution in [0.1, 0.15) is 50.4 Å². The molecule has 0 radical (unpaired) electrons. The van der Waals surface area contributed by atoms with E-state index in [1.54, 1.807) is 11.3 Å². The summed E-state index contributed by atoms with van der Waals surface area (Å²) in [6.07, 6.45) is 3.07. The summed E-state index contributed by atoms with van der Waals surface area (Å²) in [7, 11) is 0. The van der Waals surface area contributed by atoms with Crippen LogP contribution in [0.15, 0.2) is 52.9 Å². The molecule has 0 aliphatic heterocycles. The molecule has 2 heterocycles. The lowest BCUT2D eigenvalue weighted by molar-refractivity contribution is 0.0955. The maximum absolute atomic E-state index is 13.0. The van der Waals surface area contributed by atoms with Crippen molar-refractivity contribution in [1.29, 1.82) is 0 Å². The van der Waals surface area contributed by atoms with Gasteiger partial charge in [0, 0.05) is 11.1 Å². The van der Waals surface area contributed by atoms with Gasteiger partial charge in [-0.2, -0.15) is 5.10 Å². The quantitative estimate of drug-likeness (QED) is 0.566. The Morgan fingerprint density at radius 2 is 2.07 bits per heavy atom. The Balaban J connectivity index is 1.66. The first-order chi connectivity index (χ1) is 13.4. The predicted molar refractivity (Wildman–Crippen MR) is 117 cm³/mol. The number of hydrazone groups is 1. The van der Waals surface area contributed by atoms with Crippen LogP contribution in [-0.4, -0.2) is 16.6 Å². The fourth-order valence-electron chi connectivity index (χ4n) is 4.30. The number of hydrogen-bond acceptors (Lipinski definition) is 4. The van der Waals surface area contributed by atoms with Crippen molar-refractivity contribution in [1.82, 2.24) is 10.4 Å². The normalized spacial score (nSPS) is 20.4. The molecular formula is C23H25N3OS. The molecule has 1 aromatic carbocycles. The lowest BCUT2D eigenvalue weighted by Gasteiger charge is -2.34. The number of hydrogen-bond donors (Lipinski definition) is 1. The van der Waals surface area contributed by atoms with Crippen LogP contribution in [-0.2, 0) is 0 Å². The third-order valence-electron chi connectivity index (χ3n) is 5.22. The lowest BCUT2D eigenvalue weighted by Crippen LogP contribution is -2.30. The maximum Gasteiger partial charge on any atom is 0.272 e. The molecule has 2 aromatic heterocycles. The summed E-state index contributed by atoms with van der Waals surface area (Å²) in [5, 5.41) is 7.37. The number of rotatable bonds is 3. The number of thiophene rings is 1. The number of nitrogens with one attached hydrogen (secondary N) is 1. The highest BCUT2D eigenvalue weighted by Crippen LogP contribution is 2.37. The van der Waals surface area contributed by atoms with Gasteiger partial charge < -0.3 is 0 Å². The van der Waals surface area contributed by atoms with E-state index in [0.717, 1.165) is 40.0 Å². The molecule has 0 unspecified atom stereocenters. The topological polar surface area (TPSA) is 54.4 Å². The second-order valence-corrected chi connectivity index (χ2v) is 9.47. The van der Waals surface area contributed by atoms with E-state index < -0.39 is 0 Å². The molecule has 4 rings (SSSR count). The van der Waals surface area contributed by atoms with Gasteiger partial charge >= 0.3 is 0 Å². The molecular weight excluding hydrogens is 366 g/mol. The van der Waals surface area contributed by atoms with E-state index in [1.807, 2.05) is 47.8 Å². The van der Waals surface area contributed by atoms with Crippen molar-refractivity contribution in [3.63, 3.8) is 0 Å². The van der Waals surface area contributed by atoms with Gasteiger partial charge in [0.1, 0.15) is 0 Å². The minimum Gasteiger partial charge on any atom is -0.267 e. The van der Waals surface area contributed by atoms with Gasteiger partial charge in [-0.3, -0.25) is 4.79 Å². The second-order valence-electron chi connectivity index (χ2n) is 8.52. The highest BCUT2D eigenvalue weighted by molar-refractivity contribution is 7.13. The molecule has 0 spiro atoms. The number of nitrogens with zero attached hydrogens (tertiary/aromatic N) is 2. The molecule has 144 valence electrons. The van der Waals surface area contributed by atoms with Crippen LogP contribution in [0.5, 0.6) is 0 Å². The smallest absolute Gasteiger partial charge is 0.267 e. The number of benzene rings is 1. The summed E-state index contributed by atoms with van der Waals surface area (Å²) >= 11 is 1.62. The summed E-state index contributed by atoms with van der Waals surface area (Å²) in [6.45, 7) is 6.79.